The number of aromatic nitrogens is 1. The van der Waals surface area contributed by atoms with Gasteiger partial charge in [0.1, 0.15) is 0 Å². The van der Waals surface area contributed by atoms with E-state index in [2.05, 4.69) is 55.9 Å². The van der Waals surface area contributed by atoms with E-state index in [-0.39, 0.29) is 5.41 Å². The van der Waals surface area contributed by atoms with Gasteiger partial charge in [0.15, 0.2) is 0 Å². The first kappa shape index (κ1) is 11.2. The van der Waals surface area contributed by atoms with Crippen LogP contribution in [0.15, 0.2) is 30.5 Å². The summed E-state index contributed by atoms with van der Waals surface area (Å²) in [6, 6.07) is 8.55. The van der Waals surface area contributed by atoms with Crippen LogP contribution < -0.4 is 5.73 Å². The van der Waals surface area contributed by atoms with Crippen LogP contribution in [0, 0.1) is 0 Å². The van der Waals surface area contributed by atoms with Gasteiger partial charge in [-0.25, -0.2) is 0 Å². The molecule has 2 rings (SSSR count). The average molecular weight is 216 g/mol. The van der Waals surface area contributed by atoms with Crippen molar-refractivity contribution in [1.82, 2.24) is 4.57 Å². The maximum absolute atomic E-state index is 5.70. The molecule has 0 aliphatic rings. The highest BCUT2D eigenvalue weighted by atomic mass is 14.9. The molecule has 0 fully saturated rings. The van der Waals surface area contributed by atoms with E-state index in [0.717, 1.165) is 13.0 Å². The minimum absolute atomic E-state index is 0.148. The molecular formula is C14H20N2. The normalized spacial score (nSPS) is 12.2. The number of hydrogen-bond acceptors (Lipinski definition) is 1. The number of hydrogen-bond donors (Lipinski definition) is 1. The zero-order valence-corrected chi connectivity index (χ0v) is 10.3. The summed E-state index contributed by atoms with van der Waals surface area (Å²) < 4.78 is 2.20. The molecule has 16 heavy (non-hydrogen) atoms. The molecular weight excluding hydrogens is 196 g/mol. The van der Waals surface area contributed by atoms with Gasteiger partial charge >= 0.3 is 0 Å². The molecule has 0 saturated heterocycles. The summed E-state index contributed by atoms with van der Waals surface area (Å²) in [5.41, 5.74) is 8.54. The third-order valence-electron chi connectivity index (χ3n) is 3.40. The van der Waals surface area contributed by atoms with Crippen LogP contribution in [0.4, 0.5) is 0 Å². The van der Waals surface area contributed by atoms with Crippen LogP contribution in [0.3, 0.4) is 0 Å². The Kier molecular flexibility index (Phi) is 2.76. The summed E-state index contributed by atoms with van der Waals surface area (Å²) >= 11 is 0. The Morgan fingerprint density at radius 1 is 1.25 bits per heavy atom. The van der Waals surface area contributed by atoms with Crippen LogP contribution >= 0.6 is 0 Å². The molecule has 2 N–H and O–H groups in total. The molecule has 0 spiro atoms. The fourth-order valence-electron chi connectivity index (χ4n) is 2.38. The van der Waals surface area contributed by atoms with Crippen molar-refractivity contribution in [3.63, 3.8) is 0 Å². The molecule has 0 atom stereocenters. The maximum Gasteiger partial charge on any atom is 0.0480 e. The van der Waals surface area contributed by atoms with E-state index in [1.807, 2.05) is 0 Å². The van der Waals surface area contributed by atoms with Gasteiger partial charge in [-0.05, 0) is 30.0 Å². The minimum atomic E-state index is 0.148. The largest absolute Gasteiger partial charge is 0.350 e. The maximum atomic E-state index is 5.70. The standard InChI is InChI=1S/C14H20N2/c1-14(2,8-9-15)12-10-16(3)13-7-5-4-6-11(12)13/h4-7,10H,8-9,15H2,1-3H3. The lowest BCUT2D eigenvalue weighted by atomic mass is 9.81. The molecule has 0 aliphatic carbocycles. The zero-order valence-electron chi connectivity index (χ0n) is 10.3. The van der Waals surface area contributed by atoms with Gasteiger partial charge in [0.25, 0.3) is 0 Å². The first-order valence-electron chi connectivity index (χ1n) is 5.81. The zero-order chi connectivity index (χ0) is 11.8. The van der Waals surface area contributed by atoms with Gasteiger partial charge < -0.3 is 10.3 Å². The van der Waals surface area contributed by atoms with Gasteiger partial charge in [-0.15, -0.1) is 0 Å². The highest BCUT2D eigenvalue weighted by Gasteiger charge is 2.23. The van der Waals surface area contributed by atoms with Crippen LogP contribution in [-0.4, -0.2) is 11.1 Å². The Balaban J connectivity index is 2.61. The Bertz CT molecular complexity index is 494. The van der Waals surface area contributed by atoms with E-state index in [9.17, 15) is 0 Å². The van der Waals surface area contributed by atoms with Crippen molar-refractivity contribution >= 4 is 10.9 Å². The van der Waals surface area contributed by atoms with Crippen LogP contribution in [0.25, 0.3) is 10.9 Å². The molecule has 2 heteroatoms. The Hall–Kier alpha value is -1.28. The summed E-state index contributed by atoms with van der Waals surface area (Å²) in [5.74, 6) is 0. The second-order valence-corrected chi connectivity index (χ2v) is 5.09. The van der Waals surface area contributed by atoms with Crippen molar-refractivity contribution in [1.29, 1.82) is 0 Å². The van der Waals surface area contributed by atoms with E-state index in [1.54, 1.807) is 0 Å². The molecule has 0 aliphatic heterocycles. The predicted molar refractivity (Wildman–Crippen MR) is 69.6 cm³/mol. The van der Waals surface area contributed by atoms with Crippen LogP contribution in [0.1, 0.15) is 25.8 Å². The summed E-state index contributed by atoms with van der Waals surface area (Å²) in [7, 11) is 2.10. The Morgan fingerprint density at radius 2 is 1.94 bits per heavy atom. The van der Waals surface area contributed by atoms with Crippen molar-refractivity contribution in [2.45, 2.75) is 25.7 Å². The second-order valence-electron chi connectivity index (χ2n) is 5.09. The molecule has 0 bridgehead atoms. The first-order chi connectivity index (χ1) is 7.56. The monoisotopic (exact) mass is 216 g/mol. The van der Waals surface area contributed by atoms with Gasteiger partial charge in [-0.1, -0.05) is 32.0 Å². The fourth-order valence-corrected chi connectivity index (χ4v) is 2.38. The molecule has 86 valence electrons. The molecule has 0 saturated carbocycles. The number of fused-ring (bicyclic) bond motifs is 1. The van der Waals surface area contributed by atoms with Crippen molar-refractivity contribution in [2.24, 2.45) is 12.8 Å². The molecule has 2 aromatic rings. The SMILES string of the molecule is Cn1cc(C(C)(C)CCN)c2ccccc21. The van der Waals surface area contributed by atoms with Gasteiger partial charge in [-0.2, -0.15) is 0 Å². The Labute approximate surface area is 97.1 Å². The van der Waals surface area contributed by atoms with E-state index in [1.165, 1.54) is 16.5 Å². The molecule has 2 nitrogen and oxygen atoms in total. The third kappa shape index (κ3) is 1.74. The van der Waals surface area contributed by atoms with Gasteiger partial charge in [0.05, 0.1) is 0 Å². The highest BCUT2D eigenvalue weighted by molar-refractivity contribution is 5.84. The van der Waals surface area contributed by atoms with Crippen molar-refractivity contribution < 1.29 is 0 Å². The lowest BCUT2D eigenvalue weighted by Crippen LogP contribution is -2.21. The number of rotatable bonds is 3. The molecule has 0 amide bonds. The Morgan fingerprint density at radius 3 is 2.62 bits per heavy atom. The van der Waals surface area contributed by atoms with Gasteiger partial charge in [-0.3, -0.25) is 0 Å². The van der Waals surface area contributed by atoms with Gasteiger partial charge in [0.2, 0.25) is 0 Å². The summed E-state index contributed by atoms with van der Waals surface area (Å²) in [4.78, 5) is 0. The summed E-state index contributed by atoms with van der Waals surface area (Å²) in [6.45, 7) is 5.26. The van der Waals surface area contributed by atoms with Crippen LogP contribution in [0.2, 0.25) is 0 Å². The van der Waals surface area contributed by atoms with Gasteiger partial charge in [0, 0.05) is 24.1 Å². The molecule has 1 heterocycles. The van der Waals surface area contributed by atoms with Crippen molar-refractivity contribution in [2.75, 3.05) is 6.54 Å². The molecule has 1 aromatic carbocycles. The van der Waals surface area contributed by atoms with Crippen LogP contribution in [0.5, 0.6) is 0 Å². The quantitative estimate of drug-likeness (QED) is 0.840. The summed E-state index contributed by atoms with van der Waals surface area (Å²) in [5, 5.41) is 1.35. The lowest BCUT2D eigenvalue weighted by molar-refractivity contribution is 0.490. The smallest absolute Gasteiger partial charge is 0.0480 e. The predicted octanol–water partition coefficient (Wildman–Crippen LogP) is 2.80. The van der Waals surface area contributed by atoms with E-state index in [0.29, 0.717) is 0 Å². The third-order valence-corrected chi connectivity index (χ3v) is 3.40. The topological polar surface area (TPSA) is 30.9 Å². The summed E-state index contributed by atoms with van der Waals surface area (Å²) in [6.07, 6.45) is 3.25. The molecule has 1 aromatic heterocycles. The van der Waals surface area contributed by atoms with E-state index >= 15 is 0 Å². The fraction of sp³-hybridized carbons (Fsp3) is 0.429. The molecule has 0 unspecified atom stereocenters. The van der Waals surface area contributed by atoms with Crippen LogP contribution in [-0.2, 0) is 12.5 Å². The highest BCUT2D eigenvalue weighted by Crippen LogP contribution is 2.33. The number of aryl methyl sites for hydroxylation is 1. The number of para-hydroxylation sites is 1. The van der Waals surface area contributed by atoms with Crippen molar-refractivity contribution in [3.8, 4) is 0 Å². The average Bonchev–Trinajstić information content (AvgIpc) is 2.58. The van der Waals surface area contributed by atoms with E-state index in [4.69, 9.17) is 5.73 Å². The lowest BCUT2D eigenvalue weighted by Gasteiger charge is -2.23. The van der Waals surface area contributed by atoms with Crippen molar-refractivity contribution in [3.05, 3.63) is 36.0 Å². The van der Waals surface area contributed by atoms with E-state index < -0.39 is 0 Å². The first-order valence-corrected chi connectivity index (χ1v) is 5.81. The minimum Gasteiger partial charge on any atom is -0.350 e. The second kappa shape index (κ2) is 3.95. The number of nitrogens with zero attached hydrogens (tertiary/aromatic N) is 1. The number of nitrogens with two attached hydrogens (primary N) is 1. The number of benzene rings is 1. The molecule has 0 radical (unpaired) electrons.